The van der Waals surface area contributed by atoms with Crippen molar-refractivity contribution < 1.29 is 19.4 Å². The molecule has 2 N–H and O–H groups in total. The average Bonchev–Trinajstić information content (AvgIpc) is 3.23. The van der Waals surface area contributed by atoms with Crippen molar-refractivity contribution in [3.8, 4) is 16.2 Å². The van der Waals surface area contributed by atoms with E-state index in [9.17, 15) is 9.59 Å². The van der Waals surface area contributed by atoms with Gasteiger partial charge in [0.2, 0.25) is 0 Å². The highest BCUT2D eigenvalue weighted by molar-refractivity contribution is 7.17. The Morgan fingerprint density at radius 1 is 1.21 bits per heavy atom. The van der Waals surface area contributed by atoms with E-state index >= 15 is 0 Å². The zero-order chi connectivity index (χ0) is 24.4. The summed E-state index contributed by atoms with van der Waals surface area (Å²) < 4.78 is 5.66. The highest BCUT2D eigenvalue weighted by atomic mass is 35.5. The number of ether oxygens (including phenoxy) is 1. The predicted molar refractivity (Wildman–Crippen MR) is 134 cm³/mol. The molecule has 2 aromatic carbocycles. The number of nitrogens with zero attached hydrogens (tertiary/aromatic N) is 2. The van der Waals surface area contributed by atoms with Gasteiger partial charge in [0.15, 0.2) is 5.01 Å². The van der Waals surface area contributed by atoms with E-state index in [1.807, 2.05) is 30.9 Å². The lowest BCUT2D eigenvalue weighted by Gasteiger charge is -2.36. The van der Waals surface area contributed by atoms with Crippen LogP contribution in [0.1, 0.15) is 29.2 Å². The second kappa shape index (κ2) is 10.3. The number of benzene rings is 2. The van der Waals surface area contributed by atoms with E-state index in [1.165, 1.54) is 11.3 Å². The Labute approximate surface area is 211 Å². The van der Waals surface area contributed by atoms with E-state index in [0.717, 1.165) is 16.0 Å². The van der Waals surface area contributed by atoms with E-state index in [4.69, 9.17) is 33.0 Å². The molecular weight excluding hydrogens is 497 g/mol. The van der Waals surface area contributed by atoms with Gasteiger partial charge in [-0.1, -0.05) is 29.3 Å². The van der Waals surface area contributed by atoms with Gasteiger partial charge in [0, 0.05) is 25.8 Å². The molecule has 1 aliphatic rings. The van der Waals surface area contributed by atoms with Crippen LogP contribution in [0, 0.1) is 5.92 Å². The van der Waals surface area contributed by atoms with Gasteiger partial charge < -0.3 is 15.2 Å². The highest BCUT2D eigenvalue weighted by Crippen LogP contribution is 2.34. The van der Waals surface area contributed by atoms with Gasteiger partial charge in [-0.05, 0) is 55.3 Å². The molecule has 4 rings (SSSR count). The molecule has 34 heavy (non-hydrogen) atoms. The number of carboxylic acid groups (broad SMARTS) is 1. The van der Waals surface area contributed by atoms with Crippen LogP contribution in [-0.2, 0) is 11.3 Å². The molecule has 1 aliphatic heterocycles. The first-order valence-electron chi connectivity index (χ1n) is 10.7. The van der Waals surface area contributed by atoms with E-state index in [2.05, 4.69) is 10.3 Å². The Morgan fingerprint density at radius 2 is 1.97 bits per heavy atom. The summed E-state index contributed by atoms with van der Waals surface area (Å²) in [5.41, 5.74) is 2.28. The number of thiazole rings is 1. The number of nitrogens with one attached hydrogen (secondary N) is 1. The molecule has 3 aromatic rings. The van der Waals surface area contributed by atoms with Crippen molar-refractivity contribution >= 4 is 52.1 Å². The molecule has 0 radical (unpaired) electrons. The van der Waals surface area contributed by atoms with Crippen molar-refractivity contribution in [3.05, 3.63) is 63.2 Å². The average molecular weight is 520 g/mol. The van der Waals surface area contributed by atoms with Crippen molar-refractivity contribution in [1.82, 2.24) is 9.88 Å². The fourth-order valence-corrected chi connectivity index (χ4v) is 4.85. The SMILES string of the molecule is CC(C)Oc1ccc(-c2cnc(C(=O)Nc3ccc(CN4CC(C(=O)O)C4)cc3Cl)s2)cc1Cl. The number of amides is 1. The number of anilines is 1. The monoisotopic (exact) mass is 519 g/mol. The molecule has 0 unspecified atom stereocenters. The summed E-state index contributed by atoms with van der Waals surface area (Å²) in [4.78, 5) is 30.8. The molecule has 0 atom stereocenters. The minimum absolute atomic E-state index is 0.0166. The smallest absolute Gasteiger partial charge is 0.309 e. The van der Waals surface area contributed by atoms with Crippen LogP contribution >= 0.6 is 34.5 Å². The Hall–Kier alpha value is -2.65. The minimum atomic E-state index is -0.766. The lowest BCUT2D eigenvalue weighted by molar-refractivity contribution is -0.147. The number of carboxylic acids is 1. The minimum Gasteiger partial charge on any atom is -0.489 e. The summed E-state index contributed by atoms with van der Waals surface area (Å²) >= 11 is 14.0. The molecule has 7 nitrogen and oxygen atoms in total. The zero-order valence-electron chi connectivity index (χ0n) is 18.5. The lowest BCUT2D eigenvalue weighted by atomic mass is 9.99. The van der Waals surface area contributed by atoms with Gasteiger partial charge in [0.25, 0.3) is 5.91 Å². The third-order valence-corrected chi connectivity index (χ3v) is 6.93. The Bertz CT molecular complexity index is 1220. The summed E-state index contributed by atoms with van der Waals surface area (Å²) in [5, 5.41) is 13.0. The highest BCUT2D eigenvalue weighted by Gasteiger charge is 2.32. The van der Waals surface area contributed by atoms with E-state index < -0.39 is 5.97 Å². The number of carbonyl (C=O) groups excluding carboxylic acids is 1. The second-order valence-corrected chi connectivity index (χ2v) is 10.2. The van der Waals surface area contributed by atoms with Gasteiger partial charge in [-0.2, -0.15) is 0 Å². The van der Waals surface area contributed by atoms with Gasteiger partial charge in [0.1, 0.15) is 5.75 Å². The first-order chi connectivity index (χ1) is 16.2. The summed E-state index contributed by atoms with van der Waals surface area (Å²) in [6.45, 7) is 5.52. The number of halogens is 2. The van der Waals surface area contributed by atoms with Crippen molar-refractivity contribution in [3.63, 3.8) is 0 Å². The number of aromatic nitrogens is 1. The molecule has 1 fully saturated rings. The molecule has 0 bridgehead atoms. The molecule has 178 valence electrons. The normalized spacial score (nSPS) is 14.1. The van der Waals surface area contributed by atoms with E-state index in [0.29, 0.717) is 46.1 Å². The zero-order valence-corrected chi connectivity index (χ0v) is 20.9. The van der Waals surface area contributed by atoms with Gasteiger partial charge >= 0.3 is 5.97 Å². The van der Waals surface area contributed by atoms with Gasteiger partial charge in [-0.3, -0.25) is 14.5 Å². The first kappa shape index (κ1) is 24.5. The first-order valence-corrected chi connectivity index (χ1v) is 12.2. The molecule has 1 aromatic heterocycles. The summed E-state index contributed by atoms with van der Waals surface area (Å²) in [6, 6.07) is 10.9. The van der Waals surface area contributed by atoms with Crippen LogP contribution in [0.15, 0.2) is 42.6 Å². The summed E-state index contributed by atoms with van der Waals surface area (Å²) in [6.07, 6.45) is 1.65. The molecule has 1 amide bonds. The van der Waals surface area contributed by atoms with Gasteiger partial charge in [-0.15, -0.1) is 11.3 Å². The Kier molecular flexibility index (Phi) is 7.42. The Balaban J connectivity index is 1.39. The van der Waals surface area contributed by atoms with Crippen molar-refractivity contribution in [1.29, 1.82) is 0 Å². The maximum absolute atomic E-state index is 12.7. The van der Waals surface area contributed by atoms with Crippen LogP contribution in [-0.4, -0.2) is 46.1 Å². The third-order valence-electron chi connectivity index (χ3n) is 5.27. The molecule has 0 saturated carbocycles. The third kappa shape index (κ3) is 5.70. The van der Waals surface area contributed by atoms with Crippen molar-refractivity contribution in [2.45, 2.75) is 26.5 Å². The van der Waals surface area contributed by atoms with Gasteiger partial charge in [-0.25, -0.2) is 4.98 Å². The number of carbonyl (C=O) groups is 2. The molecule has 2 heterocycles. The fourth-order valence-electron chi connectivity index (χ4n) is 3.56. The van der Waals surface area contributed by atoms with Crippen molar-refractivity contribution in [2.75, 3.05) is 18.4 Å². The molecule has 1 saturated heterocycles. The fraction of sp³-hybridized carbons (Fsp3) is 0.292. The summed E-state index contributed by atoms with van der Waals surface area (Å²) in [5.74, 6) is -0.821. The van der Waals surface area contributed by atoms with Gasteiger partial charge in [0.05, 0.1) is 32.6 Å². The van der Waals surface area contributed by atoms with Crippen LogP contribution in [0.5, 0.6) is 5.75 Å². The number of hydrogen-bond donors (Lipinski definition) is 2. The molecule has 0 aliphatic carbocycles. The predicted octanol–water partition coefficient (Wildman–Crippen LogP) is 5.67. The van der Waals surface area contributed by atoms with Crippen LogP contribution in [0.2, 0.25) is 10.0 Å². The van der Waals surface area contributed by atoms with Crippen LogP contribution in [0.3, 0.4) is 0 Å². The second-order valence-electron chi connectivity index (χ2n) is 8.34. The molecule has 0 spiro atoms. The number of rotatable bonds is 8. The lowest BCUT2D eigenvalue weighted by Crippen LogP contribution is -2.49. The number of aliphatic carboxylic acids is 1. The maximum Gasteiger partial charge on any atom is 0.309 e. The maximum atomic E-state index is 12.7. The van der Waals surface area contributed by atoms with Crippen LogP contribution < -0.4 is 10.1 Å². The largest absolute Gasteiger partial charge is 0.489 e. The quantitative estimate of drug-likeness (QED) is 0.398. The van der Waals surface area contributed by atoms with E-state index in [1.54, 1.807) is 30.5 Å². The summed E-state index contributed by atoms with van der Waals surface area (Å²) in [7, 11) is 0. The van der Waals surface area contributed by atoms with Crippen molar-refractivity contribution in [2.24, 2.45) is 5.92 Å². The number of hydrogen-bond acceptors (Lipinski definition) is 6. The van der Waals surface area contributed by atoms with E-state index in [-0.39, 0.29) is 17.9 Å². The number of likely N-dealkylation sites (tertiary alicyclic amines) is 1. The standard InChI is InChI=1S/C24H23Cl2N3O4S/c1-13(2)33-20-6-4-15(8-18(20)26)21-9-27-23(34-21)22(30)28-19-5-3-14(7-17(19)25)10-29-11-16(12-29)24(31)32/h3-9,13,16H,10-12H2,1-2H3,(H,28,30)(H,31,32). The van der Waals surface area contributed by atoms with Crippen LogP contribution in [0.4, 0.5) is 5.69 Å². The Morgan fingerprint density at radius 3 is 2.62 bits per heavy atom. The molecule has 10 heteroatoms. The molecular formula is C24H23Cl2N3O4S. The topological polar surface area (TPSA) is 91.8 Å². The van der Waals surface area contributed by atoms with Crippen LogP contribution in [0.25, 0.3) is 10.4 Å².